The molecule has 0 amide bonds. The predicted molar refractivity (Wildman–Crippen MR) is 48.6 cm³/mol. The Balaban J connectivity index is 2.04. The average molecular weight is 167 g/mol. The van der Waals surface area contributed by atoms with Crippen LogP contribution >= 0.6 is 0 Å². The number of rotatable bonds is 0. The van der Waals surface area contributed by atoms with E-state index in [0.717, 1.165) is 25.7 Å². The topological polar surface area (TPSA) is 46.2 Å². The van der Waals surface area contributed by atoms with E-state index in [9.17, 15) is 5.11 Å². The lowest BCUT2D eigenvalue weighted by Crippen LogP contribution is -2.34. The lowest BCUT2D eigenvalue weighted by Gasteiger charge is -2.36. The summed E-state index contributed by atoms with van der Waals surface area (Å²) in [4.78, 5) is 0. The highest BCUT2D eigenvalue weighted by molar-refractivity contribution is 5.05. The van der Waals surface area contributed by atoms with E-state index in [0.29, 0.717) is 11.8 Å². The highest BCUT2D eigenvalue weighted by Crippen LogP contribution is 2.36. The zero-order valence-corrected chi connectivity index (χ0v) is 7.32. The number of fused-ring (bicyclic) bond motifs is 1. The summed E-state index contributed by atoms with van der Waals surface area (Å²) in [5.74, 6) is 1.35. The van der Waals surface area contributed by atoms with Crippen molar-refractivity contribution >= 4 is 0 Å². The van der Waals surface area contributed by atoms with Crippen molar-refractivity contribution in [1.82, 2.24) is 0 Å². The molecule has 0 aromatic carbocycles. The van der Waals surface area contributed by atoms with Crippen LogP contribution in [-0.2, 0) is 0 Å². The number of nitrogens with two attached hydrogens (primary N) is 1. The van der Waals surface area contributed by atoms with Crippen LogP contribution in [0, 0.1) is 11.8 Å². The molecule has 0 heterocycles. The van der Waals surface area contributed by atoms with E-state index < -0.39 is 0 Å². The number of allylic oxidation sites excluding steroid dienone is 1. The van der Waals surface area contributed by atoms with E-state index in [1.807, 2.05) is 0 Å². The normalized spacial score (nSPS) is 47.2. The molecule has 0 aromatic heterocycles. The Morgan fingerprint density at radius 2 is 2.00 bits per heavy atom. The largest absolute Gasteiger partial charge is 0.393 e. The Kier molecular flexibility index (Phi) is 2.20. The van der Waals surface area contributed by atoms with Crippen molar-refractivity contribution in [2.75, 3.05) is 0 Å². The monoisotopic (exact) mass is 167 g/mol. The molecule has 3 N–H and O–H groups in total. The Hall–Kier alpha value is -0.340. The van der Waals surface area contributed by atoms with Crippen molar-refractivity contribution in [2.45, 2.75) is 37.8 Å². The van der Waals surface area contributed by atoms with Gasteiger partial charge in [-0.1, -0.05) is 12.2 Å². The van der Waals surface area contributed by atoms with Crippen LogP contribution in [0.25, 0.3) is 0 Å². The Morgan fingerprint density at radius 1 is 1.17 bits per heavy atom. The summed E-state index contributed by atoms with van der Waals surface area (Å²) < 4.78 is 0. The van der Waals surface area contributed by atoms with Crippen molar-refractivity contribution in [3.05, 3.63) is 12.2 Å². The van der Waals surface area contributed by atoms with Crippen molar-refractivity contribution in [2.24, 2.45) is 17.6 Å². The van der Waals surface area contributed by atoms with Gasteiger partial charge in [-0.2, -0.15) is 0 Å². The maximum Gasteiger partial charge on any atom is 0.0543 e. The first kappa shape index (κ1) is 8.27. The molecule has 4 unspecified atom stereocenters. The van der Waals surface area contributed by atoms with E-state index in [-0.39, 0.29) is 12.1 Å². The molecule has 68 valence electrons. The van der Waals surface area contributed by atoms with E-state index in [1.165, 1.54) is 0 Å². The molecule has 2 aliphatic carbocycles. The Morgan fingerprint density at radius 3 is 2.83 bits per heavy atom. The molecule has 1 fully saturated rings. The SMILES string of the molecule is NC1C=CC2CCC(O)CC2C1. The zero-order chi connectivity index (χ0) is 8.55. The third-order valence-electron chi connectivity index (χ3n) is 3.19. The van der Waals surface area contributed by atoms with Crippen LogP contribution in [-0.4, -0.2) is 17.3 Å². The molecule has 2 heteroatoms. The molecular formula is C10H17NO. The molecule has 0 radical (unpaired) electrons. The number of hydrogen-bond acceptors (Lipinski definition) is 2. The molecule has 4 atom stereocenters. The summed E-state index contributed by atoms with van der Waals surface area (Å²) in [6, 6.07) is 0.233. The lowest BCUT2D eigenvalue weighted by molar-refractivity contribution is 0.0745. The van der Waals surface area contributed by atoms with Gasteiger partial charge in [0.1, 0.15) is 0 Å². The summed E-state index contributed by atoms with van der Waals surface area (Å²) >= 11 is 0. The molecule has 0 spiro atoms. The van der Waals surface area contributed by atoms with Crippen LogP contribution < -0.4 is 5.73 Å². The maximum atomic E-state index is 9.47. The van der Waals surface area contributed by atoms with Crippen molar-refractivity contribution in [3.63, 3.8) is 0 Å². The molecule has 0 saturated heterocycles. The average Bonchev–Trinajstić information content (AvgIpc) is 2.03. The van der Waals surface area contributed by atoms with Gasteiger partial charge in [0.15, 0.2) is 0 Å². The summed E-state index contributed by atoms with van der Waals surface area (Å²) in [7, 11) is 0. The van der Waals surface area contributed by atoms with Gasteiger partial charge in [0.05, 0.1) is 6.10 Å². The second kappa shape index (κ2) is 3.19. The minimum atomic E-state index is -0.0649. The number of aliphatic hydroxyl groups is 1. The summed E-state index contributed by atoms with van der Waals surface area (Å²) in [5, 5.41) is 9.47. The van der Waals surface area contributed by atoms with Gasteiger partial charge in [0.25, 0.3) is 0 Å². The second-order valence-electron chi connectivity index (χ2n) is 4.18. The quantitative estimate of drug-likeness (QED) is 0.530. The van der Waals surface area contributed by atoms with Gasteiger partial charge in [0.2, 0.25) is 0 Å². The molecule has 1 saturated carbocycles. The summed E-state index contributed by atoms with van der Waals surface area (Å²) in [6.07, 6.45) is 8.46. The fraction of sp³-hybridized carbons (Fsp3) is 0.800. The number of aliphatic hydroxyl groups excluding tert-OH is 1. The minimum Gasteiger partial charge on any atom is -0.393 e. The fourth-order valence-electron chi connectivity index (χ4n) is 2.50. The first-order valence-electron chi connectivity index (χ1n) is 4.87. The van der Waals surface area contributed by atoms with Crippen LogP contribution in [0.4, 0.5) is 0 Å². The van der Waals surface area contributed by atoms with E-state index in [2.05, 4.69) is 12.2 Å². The maximum absolute atomic E-state index is 9.47. The van der Waals surface area contributed by atoms with Crippen molar-refractivity contribution in [1.29, 1.82) is 0 Å². The third kappa shape index (κ3) is 1.54. The van der Waals surface area contributed by atoms with Gasteiger partial charge in [-0.25, -0.2) is 0 Å². The molecule has 12 heavy (non-hydrogen) atoms. The van der Waals surface area contributed by atoms with Gasteiger partial charge in [-0.15, -0.1) is 0 Å². The van der Waals surface area contributed by atoms with Crippen LogP contribution in [0.1, 0.15) is 25.7 Å². The van der Waals surface area contributed by atoms with Gasteiger partial charge in [0, 0.05) is 6.04 Å². The van der Waals surface area contributed by atoms with Crippen LogP contribution in [0.5, 0.6) is 0 Å². The molecule has 0 bridgehead atoms. The third-order valence-corrected chi connectivity index (χ3v) is 3.19. The van der Waals surface area contributed by atoms with Crippen LogP contribution in [0.3, 0.4) is 0 Å². The van der Waals surface area contributed by atoms with Gasteiger partial charge in [-0.3, -0.25) is 0 Å². The molecule has 2 aliphatic rings. The Bertz CT molecular complexity index is 190. The van der Waals surface area contributed by atoms with Gasteiger partial charge in [-0.05, 0) is 37.5 Å². The molecule has 0 aliphatic heterocycles. The predicted octanol–water partition coefficient (Wildman–Crippen LogP) is 1.05. The second-order valence-corrected chi connectivity index (χ2v) is 4.18. The smallest absolute Gasteiger partial charge is 0.0543 e. The van der Waals surface area contributed by atoms with E-state index in [4.69, 9.17) is 5.73 Å². The standard InChI is InChI=1S/C10H17NO/c11-9-3-1-7-2-4-10(12)6-8(7)5-9/h1,3,7-10,12H,2,4-6,11H2. The van der Waals surface area contributed by atoms with Crippen molar-refractivity contribution < 1.29 is 5.11 Å². The first-order chi connectivity index (χ1) is 5.75. The van der Waals surface area contributed by atoms with Crippen LogP contribution in [0.2, 0.25) is 0 Å². The van der Waals surface area contributed by atoms with Gasteiger partial charge < -0.3 is 10.8 Å². The molecular weight excluding hydrogens is 150 g/mol. The fourth-order valence-corrected chi connectivity index (χ4v) is 2.50. The number of hydrogen-bond donors (Lipinski definition) is 2. The Labute approximate surface area is 73.5 Å². The zero-order valence-electron chi connectivity index (χ0n) is 7.32. The highest BCUT2D eigenvalue weighted by Gasteiger charge is 2.30. The van der Waals surface area contributed by atoms with Crippen LogP contribution in [0.15, 0.2) is 12.2 Å². The van der Waals surface area contributed by atoms with E-state index in [1.54, 1.807) is 0 Å². The molecule has 0 aromatic rings. The molecule has 2 rings (SSSR count). The highest BCUT2D eigenvalue weighted by atomic mass is 16.3. The minimum absolute atomic E-state index is 0.0649. The van der Waals surface area contributed by atoms with E-state index >= 15 is 0 Å². The van der Waals surface area contributed by atoms with Gasteiger partial charge >= 0.3 is 0 Å². The summed E-state index contributed by atoms with van der Waals surface area (Å²) in [6.45, 7) is 0. The first-order valence-corrected chi connectivity index (χ1v) is 4.87. The summed E-state index contributed by atoms with van der Waals surface area (Å²) in [5.41, 5.74) is 5.82. The molecule has 2 nitrogen and oxygen atoms in total. The lowest BCUT2D eigenvalue weighted by atomic mass is 9.72. The van der Waals surface area contributed by atoms with Crippen molar-refractivity contribution in [3.8, 4) is 0 Å².